The van der Waals surface area contributed by atoms with Gasteiger partial charge in [-0.2, -0.15) is 0 Å². The van der Waals surface area contributed by atoms with Crippen LogP contribution in [0.3, 0.4) is 0 Å². The molecule has 1 saturated carbocycles. The van der Waals surface area contributed by atoms with Crippen molar-refractivity contribution < 1.29 is 14.4 Å². The number of benzene rings is 2. The van der Waals surface area contributed by atoms with Gasteiger partial charge in [-0.05, 0) is 80.3 Å². The van der Waals surface area contributed by atoms with E-state index in [-0.39, 0.29) is 16.4 Å². The molecule has 3 aromatic rings. The van der Waals surface area contributed by atoms with Gasteiger partial charge in [0.25, 0.3) is 11.7 Å². The number of nitro groups is 1. The summed E-state index contributed by atoms with van der Waals surface area (Å²) in [5.41, 5.74) is 2.09. The standard InChI is InChI=1S/C27H32N4O4/c32-24-13-7-20(8-14-24)26-17-28-27(35-26)29-25-6-2-1-5-21(25)16-19-4-3-15-30(18-19)22-9-11-23(12-10-22)31(33)34/h7-14,17,19,21,25,32H,1-6,15-16,18H2,(H,28,29)/t19-,21+,25-/m1/s1. The zero-order valence-corrected chi connectivity index (χ0v) is 19.8. The number of nitrogens with one attached hydrogen (secondary N) is 1. The van der Waals surface area contributed by atoms with Crippen LogP contribution < -0.4 is 10.2 Å². The Kier molecular flexibility index (Phi) is 6.88. The Morgan fingerprint density at radius 1 is 1.06 bits per heavy atom. The van der Waals surface area contributed by atoms with E-state index in [0.717, 1.165) is 43.6 Å². The molecule has 0 bridgehead atoms. The fraction of sp³-hybridized carbons (Fsp3) is 0.444. The molecule has 184 valence electrons. The number of phenolic OH excluding ortho intramolecular Hbond substituents is 1. The van der Waals surface area contributed by atoms with Crippen LogP contribution in [0.25, 0.3) is 11.3 Å². The van der Waals surface area contributed by atoms with Crippen molar-refractivity contribution in [2.24, 2.45) is 11.8 Å². The monoisotopic (exact) mass is 476 g/mol. The second-order valence-corrected chi connectivity index (χ2v) is 9.84. The number of piperidine rings is 1. The molecule has 2 fully saturated rings. The molecule has 2 N–H and O–H groups in total. The van der Waals surface area contributed by atoms with Gasteiger partial charge < -0.3 is 19.7 Å². The fourth-order valence-corrected chi connectivity index (χ4v) is 5.64. The highest BCUT2D eigenvalue weighted by Gasteiger charge is 2.30. The van der Waals surface area contributed by atoms with E-state index in [1.54, 1.807) is 30.5 Å². The molecular formula is C27H32N4O4. The van der Waals surface area contributed by atoms with E-state index in [1.165, 1.54) is 25.7 Å². The van der Waals surface area contributed by atoms with E-state index < -0.39 is 0 Å². The van der Waals surface area contributed by atoms with Crippen molar-refractivity contribution in [3.05, 3.63) is 64.8 Å². The average Bonchev–Trinajstić information content (AvgIpc) is 3.34. The number of nitrogens with zero attached hydrogens (tertiary/aromatic N) is 3. The molecule has 0 amide bonds. The van der Waals surface area contributed by atoms with Crippen LogP contribution in [0.5, 0.6) is 5.75 Å². The molecule has 1 aromatic heterocycles. The molecule has 0 spiro atoms. The molecule has 3 atom stereocenters. The molecular weight excluding hydrogens is 444 g/mol. The Hall–Kier alpha value is -3.55. The van der Waals surface area contributed by atoms with Gasteiger partial charge in [-0.25, -0.2) is 4.98 Å². The summed E-state index contributed by atoms with van der Waals surface area (Å²) in [6.45, 7) is 1.99. The molecule has 2 heterocycles. The van der Waals surface area contributed by atoms with E-state index in [2.05, 4.69) is 15.2 Å². The number of oxazole rings is 1. The van der Waals surface area contributed by atoms with E-state index in [4.69, 9.17) is 4.42 Å². The molecule has 1 saturated heterocycles. The molecule has 2 aliphatic rings. The molecule has 8 nitrogen and oxygen atoms in total. The van der Waals surface area contributed by atoms with Gasteiger partial charge >= 0.3 is 0 Å². The Morgan fingerprint density at radius 2 is 1.83 bits per heavy atom. The van der Waals surface area contributed by atoms with E-state index in [0.29, 0.717) is 29.7 Å². The van der Waals surface area contributed by atoms with Gasteiger partial charge in [0.2, 0.25) is 0 Å². The minimum absolute atomic E-state index is 0.138. The Morgan fingerprint density at radius 3 is 2.60 bits per heavy atom. The van der Waals surface area contributed by atoms with Crippen LogP contribution in [0.4, 0.5) is 17.4 Å². The number of anilines is 2. The van der Waals surface area contributed by atoms with Crippen molar-refractivity contribution in [3.63, 3.8) is 0 Å². The number of non-ortho nitro benzene ring substituents is 1. The van der Waals surface area contributed by atoms with Gasteiger partial charge in [-0.3, -0.25) is 10.1 Å². The topological polar surface area (TPSA) is 105 Å². The minimum atomic E-state index is -0.347. The third kappa shape index (κ3) is 5.58. The third-order valence-electron chi connectivity index (χ3n) is 7.46. The van der Waals surface area contributed by atoms with E-state index >= 15 is 0 Å². The predicted molar refractivity (Wildman–Crippen MR) is 136 cm³/mol. The van der Waals surface area contributed by atoms with Crippen LogP contribution in [0.15, 0.2) is 59.1 Å². The quantitative estimate of drug-likeness (QED) is 0.307. The van der Waals surface area contributed by atoms with E-state index in [9.17, 15) is 15.2 Å². The first-order chi connectivity index (χ1) is 17.0. The fourth-order valence-electron chi connectivity index (χ4n) is 5.64. The maximum Gasteiger partial charge on any atom is 0.295 e. The third-order valence-corrected chi connectivity index (χ3v) is 7.46. The summed E-state index contributed by atoms with van der Waals surface area (Å²) in [6.07, 6.45) is 10.0. The summed E-state index contributed by atoms with van der Waals surface area (Å²) < 4.78 is 5.99. The van der Waals surface area contributed by atoms with Gasteiger partial charge in [-0.1, -0.05) is 12.8 Å². The van der Waals surface area contributed by atoms with Crippen molar-refractivity contribution in [1.29, 1.82) is 0 Å². The highest BCUT2D eigenvalue weighted by Crippen LogP contribution is 2.36. The van der Waals surface area contributed by atoms with Gasteiger partial charge in [0.15, 0.2) is 5.76 Å². The van der Waals surface area contributed by atoms with E-state index in [1.807, 2.05) is 24.3 Å². The minimum Gasteiger partial charge on any atom is -0.508 e. The number of aromatic hydroxyl groups is 1. The lowest BCUT2D eigenvalue weighted by molar-refractivity contribution is -0.384. The van der Waals surface area contributed by atoms with Crippen LogP contribution in [0.1, 0.15) is 44.9 Å². The second kappa shape index (κ2) is 10.4. The summed E-state index contributed by atoms with van der Waals surface area (Å²) in [7, 11) is 0. The molecule has 0 unspecified atom stereocenters. The first kappa shape index (κ1) is 23.2. The number of nitro benzene ring substituents is 1. The summed E-state index contributed by atoms with van der Waals surface area (Å²) in [6, 6.07) is 14.8. The molecule has 2 aromatic carbocycles. The molecule has 5 rings (SSSR count). The predicted octanol–water partition coefficient (Wildman–Crippen LogP) is 6.23. The maximum absolute atomic E-state index is 11.0. The van der Waals surface area contributed by atoms with Crippen molar-refractivity contribution in [3.8, 4) is 17.1 Å². The summed E-state index contributed by atoms with van der Waals surface area (Å²) in [4.78, 5) is 17.5. The molecule has 1 aliphatic carbocycles. The van der Waals surface area contributed by atoms with Gasteiger partial charge in [0.1, 0.15) is 5.75 Å². The Bertz CT molecular complexity index is 1130. The Balaban J connectivity index is 1.21. The molecule has 35 heavy (non-hydrogen) atoms. The number of aromatic nitrogens is 1. The molecule has 0 radical (unpaired) electrons. The number of hydrogen-bond donors (Lipinski definition) is 2. The van der Waals surface area contributed by atoms with Crippen LogP contribution in [-0.2, 0) is 0 Å². The lowest BCUT2D eigenvalue weighted by atomic mass is 9.77. The summed E-state index contributed by atoms with van der Waals surface area (Å²) in [5.74, 6) is 2.08. The van der Waals surface area contributed by atoms with Gasteiger partial charge in [0.05, 0.1) is 11.1 Å². The van der Waals surface area contributed by atoms with Crippen LogP contribution in [-0.4, -0.2) is 34.1 Å². The smallest absolute Gasteiger partial charge is 0.295 e. The number of phenols is 1. The first-order valence-electron chi connectivity index (χ1n) is 12.6. The lowest BCUT2D eigenvalue weighted by Crippen LogP contribution is -2.39. The van der Waals surface area contributed by atoms with Gasteiger partial charge in [0, 0.05) is 42.5 Å². The number of hydrogen-bond acceptors (Lipinski definition) is 7. The second-order valence-electron chi connectivity index (χ2n) is 9.84. The largest absolute Gasteiger partial charge is 0.508 e. The van der Waals surface area contributed by atoms with Crippen LogP contribution >= 0.6 is 0 Å². The normalized spacial score (nSPS) is 22.6. The van der Waals surface area contributed by atoms with Crippen LogP contribution in [0, 0.1) is 22.0 Å². The highest BCUT2D eigenvalue weighted by molar-refractivity contribution is 5.58. The summed E-state index contributed by atoms with van der Waals surface area (Å²) >= 11 is 0. The van der Waals surface area contributed by atoms with Gasteiger partial charge in [-0.15, -0.1) is 0 Å². The first-order valence-corrected chi connectivity index (χ1v) is 12.6. The van der Waals surface area contributed by atoms with Crippen molar-refractivity contribution in [2.75, 3.05) is 23.3 Å². The SMILES string of the molecule is O=[N+]([O-])c1ccc(N2CCC[C@H](C[C@@H]3CCCC[C@H]3Nc3ncc(-c4ccc(O)cc4)o3)C2)cc1. The molecule has 8 heteroatoms. The zero-order chi connectivity index (χ0) is 24.2. The van der Waals surface area contributed by atoms with Crippen molar-refractivity contribution in [2.45, 2.75) is 51.0 Å². The molecule has 1 aliphatic heterocycles. The maximum atomic E-state index is 11.0. The number of rotatable bonds is 7. The van der Waals surface area contributed by atoms with Crippen LogP contribution in [0.2, 0.25) is 0 Å². The van der Waals surface area contributed by atoms with Crippen molar-refractivity contribution >= 4 is 17.4 Å². The highest BCUT2D eigenvalue weighted by atomic mass is 16.6. The lowest BCUT2D eigenvalue weighted by Gasteiger charge is -2.39. The Labute approximate surface area is 205 Å². The summed E-state index contributed by atoms with van der Waals surface area (Å²) in [5, 5.41) is 24.1. The average molecular weight is 477 g/mol. The van der Waals surface area contributed by atoms with Crippen molar-refractivity contribution in [1.82, 2.24) is 4.98 Å². The zero-order valence-electron chi connectivity index (χ0n) is 19.8.